The Bertz CT molecular complexity index is 824. The van der Waals surface area contributed by atoms with E-state index in [1.54, 1.807) is 6.07 Å². The Balaban J connectivity index is 1.92. The molecule has 0 saturated carbocycles. The number of hydrogen-bond donors (Lipinski definition) is 0. The quantitative estimate of drug-likeness (QED) is 0.645. The molecule has 1 aliphatic rings. The van der Waals surface area contributed by atoms with Crippen molar-refractivity contribution in [2.45, 2.75) is 32.1 Å². The molecule has 0 spiro atoms. The normalized spacial score (nSPS) is 17.9. The van der Waals surface area contributed by atoms with Gasteiger partial charge in [-0.15, -0.1) is 10.2 Å². The summed E-state index contributed by atoms with van der Waals surface area (Å²) in [4.78, 5) is 4.33. The molecule has 2 aromatic heterocycles. The van der Waals surface area contributed by atoms with E-state index in [0.29, 0.717) is 5.15 Å². The first-order chi connectivity index (χ1) is 10.2. The summed E-state index contributed by atoms with van der Waals surface area (Å²) in [6.07, 6.45) is 3.42. The molecular formula is C16H15ClN4. The van der Waals surface area contributed by atoms with E-state index in [2.05, 4.69) is 39.4 Å². The number of aromatic nitrogens is 4. The summed E-state index contributed by atoms with van der Waals surface area (Å²) >= 11 is 6.01. The Morgan fingerprint density at radius 3 is 3.00 bits per heavy atom. The van der Waals surface area contributed by atoms with Crippen molar-refractivity contribution >= 4 is 17.2 Å². The molecule has 0 amide bonds. The highest BCUT2D eigenvalue weighted by Gasteiger charge is 2.26. The Morgan fingerprint density at radius 1 is 1.24 bits per heavy atom. The highest BCUT2D eigenvalue weighted by molar-refractivity contribution is 6.29. The van der Waals surface area contributed by atoms with Gasteiger partial charge in [0.25, 0.3) is 0 Å². The predicted molar refractivity (Wildman–Crippen MR) is 81.8 cm³/mol. The van der Waals surface area contributed by atoms with Crippen LogP contribution in [0.4, 0.5) is 0 Å². The van der Waals surface area contributed by atoms with Crippen molar-refractivity contribution in [1.82, 2.24) is 19.6 Å². The standard InChI is InChI=1S/C16H15ClN4/c1-10-18-14(17)9-15-19-20-16(21(10)15)13-8-4-6-11-5-2-3-7-12(11)13/h2-3,5,7,9,13H,4,6,8H2,1H3. The van der Waals surface area contributed by atoms with Crippen LogP contribution in [0.5, 0.6) is 0 Å². The lowest BCUT2D eigenvalue weighted by atomic mass is 9.82. The molecule has 1 atom stereocenters. The van der Waals surface area contributed by atoms with Gasteiger partial charge < -0.3 is 0 Å². The molecule has 0 aliphatic heterocycles. The zero-order valence-electron chi connectivity index (χ0n) is 11.8. The largest absolute Gasteiger partial charge is 0.266 e. The van der Waals surface area contributed by atoms with Gasteiger partial charge in [-0.25, -0.2) is 4.98 Å². The lowest BCUT2D eigenvalue weighted by Gasteiger charge is -2.24. The summed E-state index contributed by atoms with van der Waals surface area (Å²) in [5.74, 6) is 2.09. The molecule has 1 aromatic carbocycles. The fourth-order valence-electron chi connectivity index (χ4n) is 3.33. The second-order valence-electron chi connectivity index (χ2n) is 5.52. The third-order valence-electron chi connectivity index (χ3n) is 4.23. The molecular weight excluding hydrogens is 284 g/mol. The fourth-order valence-corrected chi connectivity index (χ4v) is 3.55. The molecule has 4 nitrogen and oxygen atoms in total. The molecule has 1 unspecified atom stereocenters. The highest BCUT2D eigenvalue weighted by atomic mass is 35.5. The van der Waals surface area contributed by atoms with Crippen LogP contribution in [-0.2, 0) is 6.42 Å². The molecule has 0 saturated heterocycles. The van der Waals surface area contributed by atoms with Crippen molar-refractivity contribution < 1.29 is 0 Å². The van der Waals surface area contributed by atoms with E-state index in [9.17, 15) is 0 Å². The smallest absolute Gasteiger partial charge is 0.165 e. The van der Waals surface area contributed by atoms with Crippen molar-refractivity contribution in [2.75, 3.05) is 0 Å². The van der Waals surface area contributed by atoms with Gasteiger partial charge in [0, 0.05) is 12.0 Å². The third kappa shape index (κ3) is 2.02. The van der Waals surface area contributed by atoms with Crippen LogP contribution in [0, 0.1) is 6.92 Å². The molecule has 0 bridgehead atoms. The summed E-state index contributed by atoms with van der Waals surface area (Å²) in [6, 6.07) is 10.4. The molecule has 5 heteroatoms. The number of nitrogens with zero attached hydrogens (tertiary/aromatic N) is 4. The Morgan fingerprint density at radius 2 is 2.10 bits per heavy atom. The van der Waals surface area contributed by atoms with Gasteiger partial charge in [-0.3, -0.25) is 4.40 Å². The minimum absolute atomic E-state index is 0.284. The van der Waals surface area contributed by atoms with Crippen LogP contribution < -0.4 is 0 Å². The number of hydrogen-bond acceptors (Lipinski definition) is 3. The topological polar surface area (TPSA) is 43.1 Å². The van der Waals surface area contributed by atoms with Gasteiger partial charge in [0.05, 0.1) is 0 Å². The summed E-state index contributed by atoms with van der Waals surface area (Å²) in [7, 11) is 0. The Kier molecular flexibility index (Phi) is 2.93. The van der Waals surface area contributed by atoms with Crippen LogP contribution in [0.2, 0.25) is 5.15 Å². The molecule has 4 rings (SSSR count). The molecule has 106 valence electrons. The summed E-state index contributed by atoms with van der Waals surface area (Å²) in [5, 5.41) is 9.17. The number of benzene rings is 1. The second-order valence-corrected chi connectivity index (χ2v) is 5.91. The van der Waals surface area contributed by atoms with Gasteiger partial charge >= 0.3 is 0 Å². The van der Waals surface area contributed by atoms with Crippen molar-refractivity contribution in [3.63, 3.8) is 0 Å². The van der Waals surface area contributed by atoms with Gasteiger partial charge in [-0.05, 0) is 37.3 Å². The van der Waals surface area contributed by atoms with Crippen LogP contribution in [0.1, 0.15) is 41.5 Å². The van der Waals surface area contributed by atoms with Crippen LogP contribution in [0.25, 0.3) is 5.65 Å². The minimum atomic E-state index is 0.284. The first-order valence-electron chi connectivity index (χ1n) is 7.20. The van der Waals surface area contributed by atoms with Crippen molar-refractivity contribution in [2.24, 2.45) is 0 Å². The minimum Gasteiger partial charge on any atom is -0.266 e. The third-order valence-corrected chi connectivity index (χ3v) is 4.43. The van der Waals surface area contributed by atoms with Crippen molar-refractivity contribution in [3.8, 4) is 0 Å². The van der Waals surface area contributed by atoms with Crippen molar-refractivity contribution in [1.29, 1.82) is 0 Å². The highest BCUT2D eigenvalue weighted by Crippen LogP contribution is 2.36. The lowest BCUT2D eigenvalue weighted by Crippen LogP contribution is -2.14. The van der Waals surface area contributed by atoms with E-state index in [0.717, 1.165) is 30.1 Å². The average Bonchev–Trinajstić information content (AvgIpc) is 2.90. The van der Waals surface area contributed by atoms with E-state index in [4.69, 9.17) is 11.6 Å². The van der Waals surface area contributed by atoms with Crippen LogP contribution in [-0.4, -0.2) is 19.6 Å². The van der Waals surface area contributed by atoms with E-state index in [-0.39, 0.29) is 5.92 Å². The number of halogens is 1. The van der Waals surface area contributed by atoms with Crippen LogP contribution in [0.3, 0.4) is 0 Å². The van der Waals surface area contributed by atoms with Crippen LogP contribution >= 0.6 is 11.6 Å². The summed E-state index contributed by atoms with van der Waals surface area (Å²) < 4.78 is 2.03. The van der Waals surface area contributed by atoms with E-state index < -0.39 is 0 Å². The molecule has 2 heterocycles. The second kappa shape index (κ2) is 4.81. The molecule has 0 fully saturated rings. The van der Waals surface area contributed by atoms with E-state index >= 15 is 0 Å². The zero-order chi connectivity index (χ0) is 14.4. The number of fused-ring (bicyclic) bond motifs is 2. The van der Waals surface area contributed by atoms with E-state index in [1.807, 2.05) is 11.3 Å². The van der Waals surface area contributed by atoms with Gasteiger partial charge in [-0.2, -0.15) is 0 Å². The Labute approximate surface area is 127 Å². The maximum atomic E-state index is 6.01. The SMILES string of the molecule is Cc1nc(Cl)cc2nnc(C3CCCc4ccccc43)n12. The zero-order valence-corrected chi connectivity index (χ0v) is 12.5. The molecule has 3 aromatic rings. The molecule has 0 radical (unpaired) electrons. The van der Waals surface area contributed by atoms with Gasteiger partial charge in [0.2, 0.25) is 0 Å². The van der Waals surface area contributed by atoms with Gasteiger partial charge in [0.15, 0.2) is 5.65 Å². The van der Waals surface area contributed by atoms with Crippen molar-refractivity contribution in [3.05, 3.63) is 58.3 Å². The maximum Gasteiger partial charge on any atom is 0.165 e. The molecule has 0 N–H and O–H groups in total. The van der Waals surface area contributed by atoms with E-state index in [1.165, 1.54) is 17.5 Å². The predicted octanol–water partition coefficient (Wildman–Crippen LogP) is 3.55. The first kappa shape index (κ1) is 12.8. The monoisotopic (exact) mass is 298 g/mol. The molecule has 1 aliphatic carbocycles. The first-order valence-corrected chi connectivity index (χ1v) is 7.58. The lowest BCUT2D eigenvalue weighted by molar-refractivity contribution is 0.583. The average molecular weight is 299 g/mol. The molecule has 21 heavy (non-hydrogen) atoms. The number of aryl methyl sites for hydroxylation is 2. The summed E-state index contributed by atoms with van der Waals surface area (Å²) in [6.45, 7) is 1.94. The number of rotatable bonds is 1. The fraction of sp³-hybridized carbons (Fsp3) is 0.312. The maximum absolute atomic E-state index is 6.01. The summed E-state index contributed by atoms with van der Waals surface area (Å²) in [5.41, 5.74) is 3.56. The van der Waals surface area contributed by atoms with Crippen LogP contribution in [0.15, 0.2) is 30.3 Å². The van der Waals surface area contributed by atoms with Gasteiger partial charge in [-0.1, -0.05) is 35.9 Å². The van der Waals surface area contributed by atoms with Gasteiger partial charge in [0.1, 0.15) is 16.8 Å². The Hall–Kier alpha value is -1.94.